The van der Waals surface area contributed by atoms with Gasteiger partial charge in [0.25, 0.3) is 0 Å². The average Bonchev–Trinajstić information content (AvgIpc) is 2.26. The Kier molecular flexibility index (Phi) is 4.77. The lowest BCUT2D eigenvalue weighted by atomic mass is 10.2. The summed E-state index contributed by atoms with van der Waals surface area (Å²) in [6.45, 7) is 2.24. The number of hydrogen-bond acceptors (Lipinski definition) is 3. The summed E-state index contributed by atoms with van der Waals surface area (Å²) in [6, 6.07) is 6.25. The molecule has 90 valence electrons. The van der Waals surface area contributed by atoms with Crippen molar-refractivity contribution in [2.45, 2.75) is 29.9 Å². The summed E-state index contributed by atoms with van der Waals surface area (Å²) in [5.74, 6) is 0. The third-order valence-electron chi connectivity index (χ3n) is 2.52. The molecule has 1 aromatic rings. The van der Waals surface area contributed by atoms with Crippen LogP contribution >= 0.6 is 11.6 Å². The normalized spacial score (nSPS) is 13.7. The van der Waals surface area contributed by atoms with Gasteiger partial charge in [-0.1, -0.05) is 18.5 Å². The van der Waals surface area contributed by atoms with Crippen LogP contribution in [0.4, 0.5) is 0 Å². The Hall–Kier alpha value is -0.580. The number of hydrogen-bond donors (Lipinski definition) is 1. The van der Waals surface area contributed by atoms with Gasteiger partial charge >= 0.3 is 0 Å². The lowest BCUT2D eigenvalue weighted by Gasteiger charge is -2.14. The molecule has 1 atom stereocenters. The Bertz CT molecular complexity index is 428. The molecular formula is C11H16ClNO2S. The molecule has 3 nitrogen and oxygen atoms in total. The number of halogens is 1. The number of sulfone groups is 1. The first kappa shape index (κ1) is 13.5. The predicted octanol–water partition coefficient (Wildman–Crippen LogP) is 2.24. The fraction of sp³-hybridized carbons (Fsp3) is 0.455. The monoisotopic (exact) mass is 261 g/mol. The smallest absolute Gasteiger partial charge is 0.181 e. The molecule has 0 aliphatic heterocycles. The summed E-state index contributed by atoms with van der Waals surface area (Å²) in [5, 5.41) is 0.129. The molecule has 0 heterocycles. The Morgan fingerprint density at radius 3 is 2.31 bits per heavy atom. The Morgan fingerprint density at radius 1 is 1.31 bits per heavy atom. The Balaban J connectivity index is 3.04. The van der Waals surface area contributed by atoms with E-state index >= 15 is 0 Å². The second kappa shape index (κ2) is 5.66. The Labute approximate surface area is 102 Å². The quantitative estimate of drug-likeness (QED) is 0.884. The van der Waals surface area contributed by atoms with Gasteiger partial charge in [0.15, 0.2) is 9.84 Å². The summed E-state index contributed by atoms with van der Waals surface area (Å²) in [4.78, 5) is 0.317. The van der Waals surface area contributed by atoms with Gasteiger partial charge in [-0.3, -0.25) is 0 Å². The molecule has 0 aromatic heterocycles. The van der Waals surface area contributed by atoms with Crippen LogP contribution in [-0.2, 0) is 9.84 Å². The highest BCUT2D eigenvalue weighted by Crippen LogP contribution is 2.22. The molecule has 0 spiro atoms. The van der Waals surface area contributed by atoms with Gasteiger partial charge in [-0.05, 0) is 43.7 Å². The molecular weight excluding hydrogens is 246 g/mol. The van der Waals surface area contributed by atoms with E-state index in [1.807, 2.05) is 6.92 Å². The van der Waals surface area contributed by atoms with Crippen LogP contribution in [-0.4, -0.2) is 20.2 Å². The van der Waals surface area contributed by atoms with Gasteiger partial charge in [0.1, 0.15) is 0 Å². The first-order valence-electron chi connectivity index (χ1n) is 5.22. The number of benzene rings is 1. The van der Waals surface area contributed by atoms with Crippen LogP contribution in [0.1, 0.15) is 19.8 Å². The van der Waals surface area contributed by atoms with Crippen molar-refractivity contribution in [1.82, 2.24) is 0 Å². The third-order valence-corrected chi connectivity index (χ3v) is 5.15. The van der Waals surface area contributed by atoms with Crippen molar-refractivity contribution in [3.05, 3.63) is 29.3 Å². The molecule has 0 aliphatic carbocycles. The maximum atomic E-state index is 12.2. The molecule has 1 unspecified atom stereocenters. The van der Waals surface area contributed by atoms with Gasteiger partial charge in [0.05, 0.1) is 10.1 Å². The topological polar surface area (TPSA) is 60.2 Å². The van der Waals surface area contributed by atoms with Crippen LogP contribution in [0.5, 0.6) is 0 Å². The third kappa shape index (κ3) is 2.97. The van der Waals surface area contributed by atoms with Gasteiger partial charge in [0, 0.05) is 5.02 Å². The highest BCUT2D eigenvalue weighted by atomic mass is 35.5. The summed E-state index contributed by atoms with van der Waals surface area (Å²) < 4.78 is 24.3. The Morgan fingerprint density at radius 2 is 1.88 bits per heavy atom. The van der Waals surface area contributed by atoms with Crippen LogP contribution in [0.3, 0.4) is 0 Å². The van der Waals surface area contributed by atoms with Gasteiger partial charge in [-0.2, -0.15) is 0 Å². The first-order valence-corrected chi connectivity index (χ1v) is 7.14. The lowest BCUT2D eigenvalue weighted by molar-refractivity contribution is 0.567. The summed E-state index contributed by atoms with van der Waals surface area (Å²) in [5.41, 5.74) is 5.42. The van der Waals surface area contributed by atoms with E-state index in [-0.39, 0.29) is 0 Å². The zero-order valence-corrected chi connectivity index (χ0v) is 10.8. The zero-order valence-electron chi connectivity index (χ0n) is 9.19. The van der Waals surface area contributed by atoms with E-state index in [1.165, 1.54) is 12.1 Å². The number of rotatable bonds is 5. The summed E-state index contributed by atoms with van der Waals surface area (Å²) >= 11 is 5.72. The van der Waals surface area contributed by atoms with E-state index in [1.54, 1.807) is 12.1 Å². The molecule has 0 bridgehead atoms. The van der Waals surface area contributed by atoms with E-state index < -0.39 is 15.1 Å². The molecule has 0 saturated heterocycles. The maximum absolute atomic E-state index is 12.2. The van der Waals surface area contributed by atoms with Crippen molar-refractivity contribution in [2.75, 3.05) is 6.54 Å². The van der Waals surface area contributed by atoms with E-state index in [0.717, 1.165) is 0 Å². The van der Waals surface area contributed by atoms with Gasteiger partial charge in [-0.25, -0.2) is 8.42 Å². The van der Waals surface area contributed by atoms with Crippen LogP contribution < -0.4 is 5.73 Å². The fourth-order valence-corrected chi connectivity index (χ4v) is 3.49. The highest BCUT2D eigenvalue weighted by Gasteiger charge is 2.24. The molecule has 0 aliphatic rings. The second-order valence-electron chi connectivity index (χ2n) is 3.61. The van der Waals surface area contributed by atoms with Crippen molar-refractivity contribution in [2.24, 2.45) is 5.73 Å². The van der Waals surface area contributed by atoms with Gasteiger partial charge in [0.2, 0.25) is 0 Å². The maximum Gasteiger partial charge on any atom is 0.181 e. The predicted molar refractivity (Wildman–Crippen MR) is 66.4 cm³/mol. The molecule has 2 N–H and O–H groups in total. The minimum absolute atomic E-state index is 0.317. The van der Waals surface area contributed by atoms with E-state index in [0.29, 0.717) is 29.3 Å². The minimum Gasteiger partial charge on any atom is -0.330 e. The van der Waals surface area contributed by atoms with Crippen LogP contribution in [0.25, 0.3) is 0 Å². The highest BCUT2D eigenvalue weighted by molar-refractivity contribution is 7.92. The molecule has 0 saturated carbocycles. The fourth-order valence-electron chi connectivity index (χ4n) is 1.58. The number of nitrogens with two attached hydrogens (primary N) is 1. The summed E-state index contributed by atoms with van der Waals surface area (Å²) in [6.07, 6.45) is 1.06. The molecule has 0 fully saturated rings. The molecule has 1 aromatic carbocycles. The molecule has 0 radical (unpaired) electrons. The molecule has 16 heavy (non-hydrogen) atoms. The largest absolute Gasteiger partial charge is 0.330 e. The zero-order chi connectivity index (χ0) is 12.2. The molecule has 0 amide bonds. The second-order valence-corrected chi connectivity index (χ2v) is 6.27. The minimum atomic E-state index is -3.27. The van der Waals surface area contributed by atoms with Gasteiger partial charge in [-0.15, -0.1) is 0 Å². The molecule has 5 heteroatoms. The van der Waals surface area contributed by atoms with Crippen LogP contribution in [0, 0.1) is 0 Å². The first-order chi connectivity index (χ1) is 7.52. The van der Waals surface area contributed by atoms with Crippen LogP contribution in [0.2, 0.25) is 5.02 Å². The van der Waals surface area contributed by atoms with Crippen molar-refractivity contribution >= 4 is 21.4 Å². The SMILES string of the molecule is CCC(CCN)S(=O)(=O)c1ccc(Cl)cc1. The molecule has 1 rings (SSSR count). The van der Waals surface area contributed by atoms with E-state index in [2.05, 4.69) is 0 Å². The van der Waals surface area contributed by atoms with Crippen molar-refractivity contribution in [3.63, 3.8) is 0 Å². The van der Waals surface area contributed by atoms with Crippen molar-refractivity contribution in [3.8, 4) is 0 Å². The standard InChI is InChI=1S/C11H16ClNO2S/c1-2-10(7-8-13)16(14,15)11-5-3-9(12)4-6-11/h3-6,10H,2,7-8,13H2,1H3. The van der Waals surface area contributed by atoms with E-state index in [4.69, 9.17) is 17.3 Å². The van der Waals surface area contributed by atoms with Crippen molar-refractivity contribution in [1.29, 1.82) is 0 Å². The van der Waals surface area contributed by atoms with Crippen LogP contribution in [0.15, 0.2) is 29.2 Å². The lowest BCUT2D eigenvalue weighted by Crippen LogP contribution is -2.23. The van der Waals surface area contributed by atoms with E-state index in [9.17, 15) is 8.42 Å². The average molecular weight is 262 g/mol. The summed E-state index contributed by atoms with van der Waals surface area (Å²) in [7, 11) is -3.27. The van der Waals surface area contributed by atoms with Gasteiger partial charge < -0.3 is 5.73 Å². The van der Waals surface area contributed by atoms with Crippen molar-refractivity contribution < 1.29 is 8.42 Å².